The molecule has 0 saturated carbocycles. The highest BCUT2D eigenvalue weighted by Gasteiger charge is 2.18. The fourth-order valence-corrected chi connectivity index (χ4v) is 3.74. The van der Waals surface area contributed by atoms with Crippen molar-refractivity contribution in [2.45, 2.75) is 13.0 Å². The van der Waals surface area contributed by atoms with Crippen LogP contribution >= 0.6 is 43.5 Å². The minimum Gasteiger partial charge on any atom is -0.459 e. The minimum absolute atomic E-state index is 0.392. The Hall–Kier alpha value is -0.810. The molecule has 1 heterocycles. The molecule has 2 nitrogen and oxygen atoms in total. The maximum Gasteiger partial charge on any atom is 0.137 e. The number of benzene rings is 2. The molecule has 21 heavy (non-hydrogen) atoms. The zero-order valence-electron chi connectivity index (χ0n) is 11.2. The van der Waals surface area contributed by atoms with Crippen LogP contribution in [-0.2, 0) is 0 Å². The highest BCUT2D eigenvalue weighted by Crippen LogP contribution is 2.34. The molecule has 5 heteroatoms. The van der Waals surface area contributed by atoms with Crippen molar-refractivity contribution in [3.8, 4) is 0 Å². The molecule has 0 aliphatic rings. The zero-order chi connectivity index (χ0) is 15.1. The molecule has 1 atom stereocenters. The van der Waals surface area contributed by atoms with Crippen LogP contribution in [0.15, 0.2) is 49.8 Å². The number of halogens is 3. The number of rotatable bonds is 2. The SMILES string of the molecule is Cc1cc(Br)cc2cc(C(N)c3ccc(Br)cc3Cl)oc12. The Bertz CT molecular complexity index is 829. The van der Waals surface area contributed by atoms with Gasteiger partial charge in [-0.2, -0.15) is 0 Å². The second-order valence-corrected chi connectivity index (χ2v) is 7.17. The lowest BCUT2D eigenvalue weighted by Crippen LogP contribution is -2.11. The molecule has 3 aromatic rings. The third-order valence-electron chi connectivity index (χ3n) is 3.39. The second kappa shape index (κ2) is 5.76. The lowest BCUT2D eigenvalue weighted by molar-refractivity contribution is 0.523. The molecule has 0 fully saturated rings. The minimum atomic E-state index is -0.392. The van der Waals surface area contributed by atoms with Gasteiger partial charge < -0.3 is 10.2 Å². The number of fused-ring (bicyclic) bond motifs is 1. The van der Waals surface area contributed by atoms with E-state index >= 15 is 0 Å². The number of aryl methyl sites for hydroxylation is 1. The van der Waals surface area contributed by atoms with Crippen LogP contribution < -0.4 is 5.73 Å². The smallest absolute Gasteiger partial charge is 0.137 e. The molecule has 0 radical (unpaired) electrons. The molecule has 1 aromatic heterocycles. The van der Waals surface area contributed by atoms with Crippen LogP contribution in [0, 0.1) is 6.92 Å². The van der Waals surface area contributed by atoms with Crippen LogP contribution in [0.1, 0.15) is 22.9 Å². The van der Waals surface area contributed by atoms with E-state index in [4.69, 9.17) is 21.8 Å². The largest absolute Gasteiger partial charge is 0.459 e. The first-order chi connectivity index (χ1) is 9.95. The van der Waals surface area contributed by atoms with E-state index in [1.165, 1.54) is 0 Å². The van der Waals surface area contributed by atoms with Gasteiger partial charge in [-0.3, -0.25) is 0 Å². The summed E-state index contributed by atoms with van der Waals surface area (Å²) >= 11 is 13.2. The quantitative estimate of drug-likeness (QED) is 0.545. The maximum atomic E-state index is 6.31. The highest BCUT2D eigenvalue weighted by molar-refractivity contribution is 9.10. The molecule has 0 saturated heterocycles. The van der Waals surface area contributed by atoms with Crippen molar-refractivity contribution in [1.29, 1.82) is 0 Å². The van der Waals surface area contributed by atoms with Crippen LogP contribution in [0.3, 0.4) is 0 Å². The van der Waals surface area contributed by atoms with Gasteiger partial charge in [0.25, 0.3) is 0 Å². The summed E-state index contributed by atoms with van der Waals surface area (Å²) < 4.78 is 7.89. The standard InChI is InChI=1S/C16H12Br2ClNO/c1-8-4-11(18)5-9-6-14(21-16(8)9)15(20)12-3-2-10(17)7-13(12)19/h2-7,15H,20H2,1H3. The van der Waals surface area contributed by atoms with Gasteiger partial charge in [0.2, 0.25) is 0 Å². The summed E-state index contributed by atoms with van der Waals surface area (Å²) in [5, 5.41) is 1.65. The van der Waals surface area contributed by atoms with Crippen molar-refractivity contribution < 1.29 is 4.42 Å². The molecule has 0 aliphatic heterocycles. The molecule has 108 valence electrons. The first-order valence-electron chi connectivity index (χ1n) is 6.36. The summed E-state index contributed by atoms with van der Waals surface area (Å²) in [6, 6.07) is 11.3. The Morgan fingerprint density at radius 2 is 1.86 bits per heavy atom. The summed E-state index contributed by atoms with van der Waals surface area (Å²) in [4.78, 5) is 0. The van der Waals surface area contributed by atoms with Crippen LogP contribution in [0.2, 0.25) is 5.02 Å². The zero-order valence-corrected chi connectivity index (χ0v) is 15.1. The van der Waals surface area contributed by atoms with Crippen molar-refractivity contribution in [2.75, 3.05) is 0 Å². The van der Waals surface area contributed by atoms with Crippen molar-refractivity contribution >= 4 is 54.4 Å². The van der Waals surface area contributed by atoms with Gasteiger partial charge in [0, 0.05) is 19.4 Å². The van der Waals surface area contributed by atoms with Gasteiger partial charge in [-0.05, 0) is 48.4 Å². The van der Waals surface area contributed by atoms with E-state index in [1.807, 2.05) is 43.3 Å². The monoisotopic (exact) mass is 427 g/mol. The third kappa shape index (κ3) is 2.90. The Kier molecular flexibility index (Phi) is 4.14. The predicted octanol–water partition coefficient (Wildman–Crippen LogP) is 5.97. The maximum absolute atomic E-state index is 6.31. The summed E-state index contributed by atoms with van der Waals surface area (Å²) in [6.45, 7) is 2.01. The van der Waals surface area contributed by atoms with Crippen LogP contribution in [-0.4, -0.2) is 0 Å². The van der Waals surface area contributed by atoms with E-state index in [2.05, 4.69) is 31.9 Å². The summed E-state index contributed by atoms with van der Waals surface area (Å²) in [5.41, 5.74) is 9.08. The first-order valence-corrected chi connectivity index (χ1v) is 8.32. The number of hydrogen-bond donors (Lipinski definition) is 1. The van der Waals surface area contributed by atoms with Crippen molar-refractivity contribution in [3.63, 3.8) is 0 Å². The summed E-state index contributed by atoms with van der Waals surface area (Å²) in [7, 11) is 0. The topological polar surface area (TPSA) is 39.2 Å². The highest BCUT2D eigenvalue weighted by atomic mass is 79.9. The lowest BCUT2D eigenvalue weighted by atomic mass is 10.1. The van der Waals surface area contributed by atoms with E-state index in [-0.39, 0.29) is 0 Å². The van der Waals surface area contributed by atoms with Crippen molar-refractivity contribution in [2.24, 2.45) is 5.73 Å². The molecule has 0 spiro atoms. The van der Waals surface area contributed by atoms with Gasteiger partial charge in [0.1, 0.15) is 11.3 Å². The van der Waals surface area contributed by atoms with Crippen molar-refractivity contribution in [1.82, 2.24) is 0 Å². The molecule has 0 bridgehead atoms. The molecule has 1 unspecified atom stereocenters. The molecule has 3 rings (SSSR count). The van der Waals surface area contributed by atoms with Crippen molar-refractivity contribution in [3.05, 3.63) is 67.3 Å². The van der Waals surface area contributed by atoms with Gasteiger partial charge in [0.15, 0.2) is 0 Å². The molecule has 0 amide bonds. The van der Waals surface area contributed by atoms with Gasteiger partial charge >= 0.3 is 0 Å². The van der Waals surface area contributed by atoms with E-state index in [1.54, 1.807) is 0 Å². The van der Waals surface area contributed by atoms with Crippen LogP contribution in [0.4, 0.5) is 0 Å². The molecule has 2 N–H and O–H groups in total. The molecule has 2 aromatic carbocycles. The van der Waals surface area contributed by atoms with E-state index < -0.39 is 6.04 Å². The third-order valence-corrected chi connectivity index (χ3v) is 4.67. The van der Waals surface area contributed by atoms with E-state index in [9.17, 15) is 0 Å². The Morgan fingerprint density at radius 3 is 2.57 bits per heavy atom. The molecular weight excluding hydrogens is 417 g/mol. The molecular formula is C16H12Br2ClNO. The fraction of sp³-hybridized carbons (Fsp3) is 0.125. The predicted molar refractivity (Wildman–Crippen MR) is 93.8 cm³/mol. The number of hydrogen-bond acceptors (Lipinski definition) is 2. The normalized spacial score (nSPS) is 12.8. The Balaban J connectivity index is 2.09. The summed E-state index contributed by atoms with van der Waals surface area (Å²) in [5.74, 6) is 0.704. The average molecular weight is 430 g/mol. The van der Waals surface area contributed by atoms with Gasteiger partial charge in [-0.25, -0.2) is 0 Å². The lowest BCUT2D eigenvalue weighted by Gasteiger charge is -2.11. The average Bonchev–Trinajstić information content (AvgIpc) is 2.82. The summed E-state index contributed by atoms with van der Waals surface area (Å²) in [6.07, 6.45) is 0. The van der Waals surface area contributed by atoms with Gasteiger partial charge in [-0.1, -0.05) is 49.5 Å². The van der Waals surface area contributed by atoms with Crippen LogP contribution in [0.5, 0.6) is 0 Å². The van der Waals surface area contributed by atoms with E-state index in [0.29, 0.717) is 10.8 Å². The second-order valence-electron chi connectivity index (χ2n) is 4.93. The van der Waals surface area contributed by atoms with Gasteiger partial charge in [-0.15, -0.1) is 0 Å². The number of furan rings is 1. The first kappa shape index (κ1) is 15.1. The van der Waals surface area contributed by atoms with Gasteiger partial charge in [0.05, 0.1) is 6.04 Å². The Labute approximate surface area is 144 Å². The Morgan fingerprint density at radius 1 is 1.10 bits per heavy atom. The number of nitrogens with two attached hydrogens (primary N) is 1. The molecule has 0 aliphatic carbocycles. The van der Waals surface area contributed by atoms with Crippen LogP contribution in [0.25, 0.3) is 11.0 Å². The fourth-order valence-electron chi connectivity index (χ4n) is 2.36. The van der Waals surface area contributed by atoms with E-state index in [0.717, 1.165) is 31.0 Å².